The fourth-order valence-electron chi connectivity index (χ4n) is 4.01. The lowest BCUT2D eigenvalue weighted by molar-refractivity contribution is -0.120. The van der Waals surface area contributed by atoms with E-state index in [-0.39, 0.29) is 29.9 Å². The zero-order valence-electron chi connectivity index (χ0n) is 17.9. The standard InChI is InChI=1S/C21H33N5O2S.HI/c1-3-29(28)19-6-4-5-17(13-19)25-21(22-2)24-14-16-7-9-18(10-8-16)26-12-11-23-20(27)15-26;/h7-10,17,19H,3-6,11-15H2,1-2H3,(H,23,27)(H2,22,24,25);1H. The number of piperazine rings is 1. The van der Waals surface area contributed by atoms with Crippen LogP contribution in [0.2, 0.25) is 0 Å². The van der Waals surface area contributed by atoms with Gasteiger partial charge in [-0.1, -0.05) is 25.5 Å². The zero-order chi connectivity index (χ0) is 20.6. The lowest BCUT2D eigenvalue weighted by Gasteiger charge is -2.30. The first kappa shape index (κ1) is 24.9. The second-order valence-corrected chi connectivity index (χ2v) is 9.67. The van der Waals surface area contributed by atoms with Crippen molar-refractivity contribution in [2.75, 3.05) is 37.3 Å². The van der Waals surface area contributed by atoms with Crippen LogP contribution >= 0.6 is 24.0 Å². The Morgan fingerprint density at radius 2 is 2.07 bits per heavy atom. The molecule has 0 radical (unpaired) electrons. The molecule has 2 aliphatic rings. The molecule has 3 rings (SSSR count). The molecule has 7 nitrogen and oxygen atoms in total. The van der Waals surface area contributed by atoms with E-state index in [4.69, 9.17) is 0 Å². The van der Waals surface area contributed by atoms with Gasteiger partial charge < -0.3 is 20.9 Å². The van der Waals surface area contributed by atoms with E-state index < -0.39 is 10.8 Å². The summed E-state index contributed by atoms with van der Waals surface area (Å²) < 4.78 is 12.2. The Bertz CT molecular complexity index is 743. The number of nitrogens with zero attached hydrogens (tertiary/aromatic N) is 2. The van der Waals surface area contributed by atoms with Gasteiger partial charge in [-0.05, 0) is 37.0 Å². The van der Waals surface area contributed by atoms with E-state index in [1.54, 1.807) is 7.05 Å². The van der Waals surface area contributed by atoms with Crippen molar-refractivity contribution >= 4 is 52.3 Å². The van der Waals surface area contributed by atoms with Gasteiger partial charge in [0.05, 0.1) is 6.54 Å². The van der Waals surface area contributed by atoms with Crippen molar-refractivity contribution in [3.63, 3.8) is 0 Å². The largest absolute Gasteiger partial charge is 0.360 e. The summed E-state index contributed by atoms with van der Waals surface area (Å²) in [6.07, 6.45) is 4.21. The van der Waals surface area contributed by atoms with Crippen LogP contribution in [0.5, 0.6) is 0 Å². The van der Waals surface area contributed by atoms with E-state index in [1.165, 1.54) is 0 Å². The summed E-state index contributed by atoms with van der Waals surface area (Å²) in [5, 5.41) is 10.0. The first-order valence-electron chi connectivity index (χ1n) is 10.5. The number of halogens is 1. The highest BCUT2D eigenvalue weighted by atomic mass is 127. The van der Waals surface area contributed by atoms with Crippen LogP contribution in [0, 0.1) is 0 Å². The smallest absolute Gasteiger partial charge is 0.239 e. The van der Waals surface area contributed by atoms with Crippen LogP contribution in [0.15, 0.2) is 29.3 Å². The van der Waals surface area contributed by atoms with E-state index in [2.05, 4.69) is 50.1 Å². The van der Waals surface area contributed by atoms with Gasteiger partial charge in [-0.2, -0.15) is 0 Å². The molecule has 1 aromatic rings. The third-order valence-electron chi connectivity index (χ3n) is 5.65. The van der Waals surface area contributed by atoms with E-state index in [0.29, 0.717) is 30.9 Å². The maximum absolute atomic E-state index is 12.2. The van der Waals surface area contributed by atoms with Crippen LogP contribution in [-0.2, 0) is 22.1 Å². The molecule has 3 atom stereocenters. The molecular formula is C21H34IN5O2S. The lowest BCUT2D eigenvalue weighted by Crippen LogP contribution is -2.47. The molecule has 0 bridgehead atoms. The van der Waals surface area contributed by atoms with Crippen molar-refractivity contribution in [2.45, 2.75) is 50.4 Å². The number of carbonyl (C=O) groups excluding carboxylic acids is 1. The van der Waals surface area contributed by atoms with Crippen molar-refractivity contribution in [1.29, 1.82) is 0 Å². The zero-order valence-corrected chi connectivity index (χ0v) is 21.0. The van der Waals surface area contributed by atoms with Crippen LogP contribution in [0.25, 0.3) is 0 Å². The summed E-state index contributed by atoms with van der Waals surface area (Å²) >= 11 is 0. The topological polar surface area (TPSA) is 85.8 Å². The SMILES string of the molecule is CCS(=O)C1CCCC(NC(=NC)NCc2ccc(N3CCNC(=O)C3)cc2)C1.I. The summed E-state index contributed by atoms with van der Waals surface area (Å²) in [6, 6.07) is 8.63. The number of anilines is 1. The second kappa shape index (κ2) is 12.5. The van der Waals surface area contributed by atoms with Crippen molar-refractivity contribution in [3.8, 4) is 0 Å². The maximum atomic E-state index is 12.2. The molecule has 0 spiro atoms. The predicted octanol–water partition coefficient (Wildman–Crippen LogP) is 1.99. The molecule has 1 aliphatic carbocycles. The second-order valence-electron chi connectivity index (χ2n) is 7.66. The molecule has 2 fully saturated rings. The predicted molar refractivity (Wildman–Crippen MR) is 135 cm³/mol. The van der Waals surface area contributed by atoms with Crippen molar-refractivity contribution in [1.82, 2.24) is 16.0 Å². The summed E-state index contributed by atoms with van der Waals surface area (Å²) in [6.45, 7) is 4.62. The molecule has 0 aromatic heterocycles. The number of guanidine groups is 1. The van der Waals surface area contributed by atoms with Gasteiger partial charge in [-0.3, -0.25) is 14.0 Å². The molecule has 30 heavy (non-hydrogen) atoms. The Kier molecular flexibility index (Phi) is 10.4. The number of hydrogen-bond donors (Lipinski definition) is 3. The summed E-state index contributed by atoms with van der Waals surface area (Å²) in [7, 11) is 1.06. The maximum Gasteiger partial charge on any atom is 0.239 e. The van der Waals surface area contributed by atoms with Gasteiger partial charge in [-0.15, -0.1) is 24.0 Å². The van der Waals surface area contributed by atoms with E-state index in [1.807, 2.05) is 6.92 Å². The normalized spacial score (nSPS) is 23.2. The number of aliphatic imine (C=N–C) groups is 1. The highest BCUT2D eigenvalue weighted by molar-refractivity contribution is 14.0. The average Bonchev–Trinajstić information content (AvgIpc) is 2.76. The molecular weight excluding hydrogens is 513 g/mol. The summed E-state index contributed by atoms with van der Waals surface area (Å²) in [4.78, 5) is 18.0. The third kappa shape index (κ3) is 7.11. The van der Waals surface area contributed by atoms with E-state index in [9.17, 15) is 9.00 Å². The number of benzene rings is 1. The first-order chi connectivity index (χ1) is 14.1. The minimum absolute atomic E-state index is 0. The summed E-state index contributed by atoms with van der Waals surface area (Å²) in [5.74, 6) is 1.60. The molecule has 9 heteroatoms. The number of carbonyl (C=O) groups is 1. The van der Waals surface area contributed by atoms with E-state index in [0.717, 1.165) is 55.2 Å². The van der Waals surface area contributed by atoms with E-state index >= 15 is 0 Å². The quantitative estimate of drug-likeness (QED) is 0.288. The molecule has 1 heterocycles. The minimum atomic E-state index is -0.721. The van der Waals surface area contributed by atoms with Gasteiger partial charge in [-0.25, -0.2) is 0 Å². The Labute approximate surface area is 199 Å². The number of amides is 1. The Morgan fingerprint density at radius 1 is 1.30 bits per heavy atom. The molecule has 3 unspecified atom stereocenters. The van der Waals surface area contributed by atoms with Gasteiger partial charge in [0.25, 0.3) is 0 Å². The first-order valence-corrected chi connectivity index (χ1v) is 11.9. The summed E-state index contributed by atoms with van der Waals surface area (Å²) in [5.41, 5.74) is 2.23. The third-order valence-corrected chi connectivity index (χ3v) is 7.39. The van der Waals surface area contributed by atoms with Crippen LogP contribution in [0.1, 0.15) is 38.2 Å². The highest BCUT2D eigenvalue weighted by Crippen LogP contribution is 2.23. The van der Waals surface area contributed by atoms with Crippen molar-refractivity contribution in [3.05, 3.63) is 29.8 Å². The van der Waals surface area contributed by atoms with Gasteiger partial charge in [0.15, 0.2) is 5.96 Å². The van der Waals surface area contributed by atoms with Gasteiger partial charge in [0.1, 0.15) is 0 Å². The Hall–Kier alpha value is -1.36. The lowest BCUT2D eigenvalue weighted by atomic mass is 9.95. The monoisotopic (exact) mass is 547 g/mol. The number of nitrogens with one attached hydrogen (secondary N) is 3. The molecule has 1 aliphatic heterocycles. The number of hydrogen-bond acceptors (Lipinski definition) is 4. The van der Waals surface area contributed by atoms with Gasteiger partial charge in [0.2, 0.25) is 5.91 Å². The van der Waals surface area contributed by atoms with Gasteiger partial charge in [0, 0.05) is 60.2 Å². The fourth-order valence-corrected chi connectivity index (χ4v) is 5.36. The molecule has 1 saturated carbocycles. The van der Waals surface area contributed by atoms with Crippen LogP contribution in [0.3, 0.4) is 0 Å². The number of rotatable bonds is 6. The average molecular weight is 548 g/mol. The minimum Gasteiger partial charge on any atom is -0.360 e. The molecule has 1 amide bonds. The van der Waals surface area contributed by atoms with Crippen LogP contribution in [0.4, 0.5) is 5.69 Å². The van der Waals surface area contributed by atoms with Crippen LogP contribution in [-0.4, -0.2) is 59.8 Å². The fraction of sp³-hybridized carbons (Fsp3) is 0.619. The molecule has 3 N–H and O–H groups in total. The van der Waals surface area contributed by atoms with Crippen molar-refractivity contribution in [2.24, 2.45) is 4.99 Å². The van der Waals surface area contributed by atoms with Crippen molar-refractivity contribution < 1.29 is 9.00 Å². The molecule has 1 saturated heterocycles. The Balaban J connectivity index is 0.00000320. The Morgan fingerprint density at radius 3 is 2.73 bits per heavy atom. The van der Waals surface area contributed by atoms with Crippen LogP contribution < -0.4 is 20.9 Å². The van der Waals surface area contributed by atoms with Gasteiger partial charge >= 0.3 is 0 Å². The highest BCUT2D eigenvalue weighted by Gasteiger charge is 2.26. The molecule has 1 aromatic carbocycles. The molecule has 168 valence electrons.